The average molecular weight is 484 g/mol. The van der Waals surface area contributed by atoms with Gasteiger partial charge in [0.25, 0.3) is 0 Å². The van der Waals surface area contributed by atoms with E-state index in [1.807, 2.05) is 7.05 Å². The zero-order chi connectivity index (χ0) is 18.4. The van der Waals surface area contributed by atoms with Crippen LogP contribution < -0.4 is 15.4 Å². The fourth-order valence-electron chi connectivity index (χ4n) is 4.15. The highest BCUT2D eigenvalue weighted by Gasteiger charge is 2.30. The molecule has 2 atom stereocenters. The first-order chi connectivity index (χ1) is 12.7. The van der Waals surface area contributed by atoms with Gasteiger partial charge < -0.3 is 15.4 Å². The van der Waals surface area contributed by atoms with Gasteiger partial charge in [0.05, 0.1) is 7.11 Å². The number of guanidine groups is 1. The number of nitrogens with one attached hydrogen (secondary N) is 2. The third-order valence-electron chi connectivity index (χ3n) is 5.57. The van der Waals surface area contributed by atoms with E-state index in [0.29, 0.717) is 18.0 Å². The lowest BCUT2D eigenvalue weighted by atomic mass is 9.85. The third kappa shape index (κ3) is 5.85. The maximum absolute atomic E-state index is 5.31. The standard InChI is InChI=1S/C21H32N4O.HI/c1-22-21(24-18-8-4-5-9-18)23-15-17-7-6-14-25(2)20(17)16-10-12-19(26-3)13-11-16;/h4-5,10-13,17-18,20H,6-9,14-15H2,1-3H3,(H2,22,23,24);1H. The lowest BCUT2D eigenvalue weighted by Crippen LogP contribution is -2.47. The maximum Gasteiger partial charge on any atom is 0.191 e. The minimum atomic E-state index is 0. The van der Waals surface area contributed by atoms with E-state index in [4.69, 9.17) is 4.74 Å². The topological polar surface area (TPSA) is 48.9 Å². The Hall–Kier alpha value is -1.28. The van der Waals surface area contributed by atoms with Gasteiger partial charge in [-0.15, -0.1) is 24.0 Å². The zero-order valence-electron chi connectivity index (χ0n) is 16.6. The van der Waals surface area contributed by atoms with Crippen molar-refractivity contribution in [2.24, 2.45) is 10.9 Å². The second-order valence-electron chi connectivity index (χ2n) is 7.34. The van der Waals surface area contributed by atoms with Crippen LogP contribution in [0.3, 0.4) is 0 Å². The highest BCUT2D eigenvalue weighted by atomic mass is 127. The second kappa shape index (κ2) is 10.9. The number of benzene rings is 1. The molecule has 1 aliphatic heterocycles. The lowest BCUT2D eigenvalue weighted by Gasteiger charge is -2.40. The molecule has 0 amide bonds. The van der Waals surface area contributed by atoms with E-state index in [2.05, 4.69) is 64.0 Å². The quantitative estimate of drug-likeness (QED) is 0.291. The Kier molecular flexibility index (Phi) is 8.89. The molecule has 1 fully saturated rings. The number of ether oxygens (including phenoxy) is 1. The van der Waals surface area contributed by atoms with E-state index in [9.17, 15) is 0 Å². The Labute approximate surface area is 180 Å². The molecule has 27 heavy (non-hydrogen) atoms. The molecule has 2 aliphatic rings. The highest BCUT2D eigenvalue weighted by Crippen LogP contribution is 2.35. The van der Waals surface area contributed by atoms with E-state index in [1.165, 1.54) is 18.4 Å². The van der Waals surface area contributed by atoms with Gasteiger partial charge in [-0.2, -0.15) is 0 Å². The summed E-state index contributed by atoms with van der Waals surface area (Å²) in [7, 11) is 5.80. The molecule has 2 N–H and O–H groups in total. The molecule has 1 aromatic rings. The molecule has 1 saturated heterocycles. The van der Waals surface area contributed by atoms with Crippen LogP contribution in [0.4, 0.5) is 0 Å². The predicted octanol–water partition coefficient (Wildman–Crippen LogP) is 3.58. The van der Waals surface area contributed by atoms with Crippen LogP contribution in [-0.4, -0.2) is 51.2 Å². The fraction of sp³-hybridized carbons (Fsp3) is 0.571. The molecule has 1 aliphatic carbocycles. The number of aliphatic imine (C=N–C) groups is 1. The largest absolute Gasteiger partial charge is 0.497 e. The maximum atomic E-state index is 5.31. The van der Waals surface area contributed by atoms with Crippen molar-refractivity contribution in [2.75, 3.05) is 34.3 Å². The van der Waals surface area contributed by atoms with E-state index >= 15 is 0 Å². The first kappa shape index (κ1) is 22.0. The normalized spacial score (nSPS) is 23.7. The average Bonchev–Trinajstić information content (AvgIpc) is 3.18. The summed E-state index contributed by atoms with van der Waals surface area (Å²) in [6.45, 7) is 2.08. The molecule has 0 saturated carbocycles. The van der Waals surface area contributed by atoms with Crippen molar-refractivity contribution in [3.8, 4) is 5.75 Å². The Balaban J connectivity index is 0.00000261. The van der Waals surface area contributed by atoms with Crippen LogP contribution in [-0.2, 0) is 0 Å². The SMILES string of the molecule is CN=C(NCC1CCCN(C)C1c1ccc(OC)cc1)NC1CC=CC1.I. The number of nitrogens with zero attached hydrogens (tertiary/aromatic N) is 2. The summed E-state index contributed by atoms with van der Waals surface area (Å²) in [4.78, 5) is 6.89. The molecule has 3 rings (SSSR count). The monoisotopic (exact) mass is 484 g/mol. The van der Waals surface area contributed by atoms with Crippen molar-refractivity contribution in [1.29, 1.82) is 0 Å². The smallest absolute Gasteiger partial charge is 0.191 e. The van der Waals surface area contributed by atoms with Gasteiger partial charge in [0.1, 0.15) is 5.75 Å². The molecule has 1 heterocycles. The van der Waals surface area contributed by atoms with Gasteiger partial charge >= 0.3 is 0 Å². The summed E-state index contributed by atoms with van der Waals surface area (Å²) < 4.78 is 5.31. The number of piperidine rings is 1. The van der Waals surface area contributed by atoms with Gasteiger partial charge in [0, 0.05) is 25.7 Å². The Bertz CT molecular complexity index is 624. The Morgan fingerprint density at radius 1 is 1.22 bits per heavy atom. The Morgan fingerprint density at radius 3 is 2.56 bits per heavy atom. The van der Waals surface area contributed by atoms with Gasteiger partial charge in [-0.3, -0.25) is 9.89 Å². The van der Waals surface area contributed by atoms with Crippen LogP contribution in [0.15, 0.2) is 41.4 Å². The van der Waals surface area contributed by atoms with Gasteiger partial charge in [0.15, 0.2) is 5.96 Å². The van der Waals surface area contributed by atoms with Gasteiger partial charge in [-0.1, -0.05) is 24.3 Å². The molecule has 1 aromatic carbocycles. The molecule has 0 spiro atoms. The van der Waals surface area contributed by atoms with Crippen molar-refractivity contribution in [3.05, 3.63) is 42.0 Å². The van der Waals surface area contributed by atoms with E-state index in [0.717, 1.165) is 37.6 Å². The molecular formula is C21H33IN4O. The van der Waals surface area contributed by atoms with E-state index < -0.39 is 0 Å². The van der Waals surface area contributed by atoms with Crippen LogP contribution in [0.5, 0.6) is 5.75 Å². The summed E-state index contributed by atoms with van der Waals surface area (Å²) in [5.41, 5.74) is 1.36. The predicted molar refractivity (Wildman–Crippen MR) is 123 cm³/mol. The molecule has 0 aromatic heterocycles. The van der Waals surface area contributed by atoms with Gasteiger partial charge in [-0.25, -0.2) is 0 Å². The van der Waals surface area contributed by atoms with E-state index in [-0.39, 0.29) is 24.0 Å². The first-order valence-corrected chi connectivity index (χ1v) is 9.67. The van der Waals surface area contributed by atoms with Crippen molar-refractivity contribution >= 4 is 29.9 Å². The molecule has 2 unspecified atom stereocenters. The zero-order valence-corrected chi connectivity index (χ0v) is 19.0. The summed E-state index contributed by atoms with van der Waals surface area (Å²) in [5, 5.41) is 7.10. The molecule has 0 bridgehead atoms. The van der Waals surface area contributed by atoms with Crippen LogP contribution in [0, 0.1) is 5.92 Å². The van der Waals surface area contributed by atoms with Crippen LogP contribution >= 0.6 is 24.0 Å². The van der Waals surface area contributed by atoms with Crippen molar-refractivity contribution in [2.45, 2.75) is 37.8 Å². The van der Waals surface area contributed by atoms with Crippen molar-refractivity contribution < 1.29 is 4.74 Å². The first-order valence-electron chi connectivity index (χ1n) is 9.67. The number of rotatable bonds is 5. The van der Waals surface area contributed by atoms with Crippen LogP contribution in [0.25, 0.3) is 0 Å². The molecule has 6 heteroatoms. The molecule has 150 valence electrons. The van der Waals surface area contributed by atoms with Crippen LogP contribution in [0.2, 0.25) is 0 Å². The molecule has 0 radical (unpaired) electrons. The Morgan fingerprint density at radius 2 is 1.93 bits per heavy atom. The van der Waals surface area contributed by atoms with Gasteiger partial charge in [0.2, 0.25) is 0 Å². The van der Waals surface area contributed by atoms with E-state index in [1.54, 1.807) is 7.11 Å². The summed E-state index contributed by atoms with van der Waals surface area (Å²) in [5.74, 6) is 2.39. The van der Waals surface area contributed by atoms with Crippen molar-refractivity contribution in [1.82, 2.24) is 15.5 Å². The lowest BCUT2D eigenvalue weighted by molar-refractivity contribution is 0.122. The minimum Gasteiger partial charge on any atom is -0.497 e. The molecule has 5 nitrogen and oxygen atoms in total. The number of hydrogen-bond acceptors (Lipinski definition) is 3. The minimum absolute atomic E-state index is 0. The number of halogens is 1. The highest BCUT2D eigenvalue weighted by molar-refractivity contribution is 14.0. The van der Waals surface area contributed by atoms with Crippen molar-refractivity contribution in [3.63, 3.8) is 0 Å². The second-order valence-corrected chi connectivity index (χ2v) is 7.34. The third-order valence-corrected chi connectivity index (χ3v) is 5.57. The molecular weight excluding hydrogens is 451 g/mol. The summed E-state index contributed by atoms with van der Waals surface area (Å²) in [6.07, 6.45) is 9.12. The number of hydrogen-bond donors (Lipinski definition) is 2. The number of methoxy groups -OCH3 is 1. The summed E-state index contributed by atoms with van der Waals surface area (Å²) >= 11 is 0. The number of likely N-dealkylation sites (tertiary alicyclic amines) is 1. The summed E-state index contributed by atoms with van der Waals surface area (Å²) in [6, 6.07) is 9.44. The fourth-order valence-corrected chi connectivity index (χ4v) is 4.15. The van der Waals surface area contributed by atoms with Crippen LogP contribution in [0.1, 0.15) is 37.3 Å². The van der Waals surface area contributed by atoms with Gasteiger partial charge in [-0.05, 0) is 62.9 Å².